The van der Waals surface area contributed by atoms with E-state index in [0.717, 1.165) is 0 Å². The summed E-state index contributed by atoms with van der Waals surface area (Å²) in [5.74, 6) is 0.657. The van der Waals surface area contributed by atoms with Crippen LogP contribution in [0.25, 0.3) is 0 Å². The molecule has 0 bridgehead atoms. The summed E-state index contributed by atoms with van der Waals surface area (Å²) in [6.45, 7) is 0.477. The molecule has 0 amide bonds. The van der Waals surface area contributed by atoms with E-state index >= 15 is 0 Å². The zero-order valence-corrected chi connectivity index (χ0v) is 10.2. The van der Waals surface area contributed by atoms with Crippen molar-refractivity contribution in [1.82, 2.24) is 9.03 Å². The Morgan fingerprint density at radius 3 is 2.46 bits per heavy atom. The van der Waals surface area contributed by atoms with Gasteiger partial charge in [0.15, 0.2) is 0 Å². The zero-order valence-electron chi connectivity index (χ0n) is 7.83. The Hall–Kier alpha value is 0.350. The van der Waals surface area contributed by atoms with Crippen molar-refractivity contribution in [3.8, 4) is 0 Å². The van der Waals surface area contributed by atoms with Gasteiger partial charge in [0.2, 0.25) is 0 Å². The number of rotatable bonds is 5. The highest BCUT2D eigenvalue weighted by Crippen LogP contribution is 2.36. The third-order valence-corrected chi connectivity index (χ3v) is 4.64. The average Bonchev–Trinajstić information content (AvgIpc) is 2.82. The van der Waals surface area contributed by atoms with E-state index in [1.165, 1.54) is 31.2 Å². The Kier molecular flexibility index (Phi) is 3.73. The molecule has 1 rings (SSSR count). The van der Waals surface area contributed by atoms with Crippen LogP contribution in [-0.2, 0) is 10.2 Å². The molecule has 0 spiro atoms. The monoisotopic (exact) mass is 270 g/mol. The van der Waals surface area contributed by atoms with Crippen LogP contribution in [0.2, 0.25) is 0 Å². The summed E-state index contributed by atoms with van der Waals surface area (Å²) in [5, 5.41) is 0. The van der Waals surface area contributed by atoms with Gasteiger partial charge in [0.25, 0.3) is 10.2 Å². The van der Waals surface area contributed by atoms with Gasteiger partial charge < -0.3 is 0 Å². The third kappa shape index (κ3) is 3.53. The quantitative estimate of drug-likeness (QED) is 0.743. The molecule has 1 unspecified atom stereocenters. The average molecular weight is 271 g/mol. The minimum Gasteiger partial charge on any atom is -0.201 e. The van der Waals surface area contributed by atoms with Crippen LogP contribution in [0.5, 0.6) is 0 Å². The van der Waals surface area contributed by atoms with E-state index in [1.54, 1.807) is 0 Å². The molecule has 1 saturated carbocycles. The Morgan fingerprint density at radius 1 is 1.54 bits per heavy atom. The summed E-state index contributed by atoms with van der Waals surface area (Å²) >= 11 is 3.46. The van der Waals surface area contributed by atoms with Crippen LogP contribution in [0.4, 0.5) is 0 Å². The van der Waals surface area contributed by atoms with Crippen molar-refractivity contribution in [3.63, 3.8) is 0 Å². The lowest BCUT2D eigenvalue weighted by Gasteiger charge is -2.14. The first-order valence-electron chi connectivity index (χ1n) is 4.24. The van der Waals surface area contributed by atoms with E-state index in [9.17, 15) is 8.42 Å². The van der Waals surface area contributed by atoms with Crippen LogP contribution in [0, 0.1) is 5.92 Å². The Bertz CT molecular complexity index is 262. The summed E-state index contributed by atoms with van der Waals surface area (Å²) < 4.78 is 26.3. The fourth-order valence-electron chi connectivity index (χ4n) is 0.939. The molecule has 0 aliphatic heterocycles. The van der Waals surface area contributed by atoms with Crippen LogP contribution in [0.1, 0.15) is 12.8 Å². The van der Waals surface area contributed by atoms with E-state index in [4.69, 9.17) is 0 Å². The second-order valence-corrected chi connectivity index (χ2v) is 6.63. The molecule has 13 heavy (non-hydrogen) atoms. The first-order chi connectivity index (χ1) is 5.93. The Labute approximate surface area is 88.0 Å². The molecular weight excluding hydrogens is 256 g/mol. The van der Waals surface area contributed by atoms with Gasteiger partial charge in [0, 0.05) is 25.5 Å². The molecule has 4 nitrogen and oxygen atoms in total. The number of hydrogen-bond donors (Lipinski definition) is 1. The van der Waals surface area contributed by atoms with E-state index in [-0.39, 0.29) is 4.83 Å². The molecule has 78 valence electrons. The fraction of sp³-hybridized carbons (Fsp3) is 1.00. The lowest BCUT2D eigenvalue weighted by Crippen LogP contribution is -2.38. The lowest BCUT2D eigenvalue weighted by molar-refractivity contribution is 0.503. The van der Waals surface area contributed by atoms with Crippen molar-refractivity contribution in [1.29, 1.82) is 0 Å². The molecule has 1 N–H and O–H groups in total. The maximum absolute atomic E-state index is 11.3. The SMILES string of the molecule is CN(C)S(=O)(=O)NCC(Br)C1CC1. The molecule has 0 heterocycles. The second kappa shape index (κ2) is 4.25. The van der Waals surface area contributed by atoms with Crippen LogP contribution < -0.4 is 4.72 Å². The smallest absolute Gasteiger partial charge is 0.201 e. The predicted molar refractivity (Wildman–Crippen MR) is 56.0 cm³/mol. The summed E-state index contributed by atoms with van der Waals surface area (Å²) in [6, 6.07) is 0. The van der Waals surface area contributed by atoms with Crippen LogP contribution >= 0.6 is 15.9 Å². The minimum absolute atomic E-state index is 0.280. The minimum atomic E-state index is -3.25. The maximum Gasteiger partial charge on any atom is 0.278 e. The molecule has 0 aromatic heterocycles. The fourth-order valence-corrected chi connectivity index (χ4v) is 2.49. The highest BCUT2D eigenvalue weighted by molar-refractivity contribution is 9.09. The van der Waals surface area contributed by atoms with Crippen LogP contribution in [0.3, 0.4) is 0 Å². The zero-order chi connectivity index (χ0) is 10.1. The molecule has 6 heteroatoms. The van der Waals surface area contributed by atoms with Crippen LogP contribution in [0.15, 0.2) is 0 Å². The van der Waals surface area contributed by atoms with Gasteiger partial charge in [-0.25, -0.2) is 4.72 Å². The van der Waals surface area contributed by atoms with Crippen molar-refractivity contribution >= 4 is 26.1 Å². The number of alkyl halides is 1. The molecule has 0 radical (unpaired) electrons. The van der Waals surface area contributed by atoms with E-state index in [2.05, 4.69) is 20.7 Å². The molecule has 1 atom stereocenters. The van der Waals surface area contributed by atoms with Gasteiger partial charge in [-0.15, -0.1) is 0 Å². The van der Waals surface area contributed by atoms with Gasteiger partial charge in [0.1, 0.15) is 0 Å². The van der Waals surface area contributed by atoms with Crippen molar-refractivity contribution in [2.45, 2.75) is 17.7 Å². The highest BCUT2D eigenvalue weighted by atomic mass is 79.9. The molecule has 0 aromatic rings. The summed E-state index contributed by atoms with van der Waals surface area (Å²) in [5.41, 5.74) is 0. The van der Waals surface area contributed by atoms with Gasteiger partial charge in [-0.1, -0.05) is 15.9 Å². The standard InChI is InChI=1S/C7H15BrN2O2S/c1-10(2)13(11,12)9-5-7(8)6-3-4-6/h6-7,9H,3-5H2,1-2H3. The van der Waals surface area contributed by atoms with E-state index < -0.39 is 10.2 Å². The van der Waals surface area contributed by atoms with Crippen molar-refractivity contribution in [2.75, 3.05) is 20.6 Å². The van der Waals surface area contributed by atoms with E-state index in [0.29, 0.717) is 12.5 Å². The van der Waals surface area contributed by atoms with Gasteiger partial charge in [0.05, 0.1) is 0 Å². The summed E-state index contributed by atoms with van der Waals surface area (Å²) in [7, 11) is -0.213. The van der Waals surface area contributed by atoms with Crippen molar-refractivity contribution in [2.24, 2.45) is 5.92 Å². The molecule has 1 aliphatic rings. The van der Waals surface area contributed by atoms with Crippen LogP contribution in [-0.4, -0.2) is 38.2 Å². The first kappa shape index (κ1) is 11.4. The normalized spacial score (nSPS) is 20.6. The largest absolute Gasteiger partial charge is 0.278 e. The summed E-state index contributed by atoms with van der Waals surface area (Å²) in [6.07, 6.45) is 2.42. The number of halogens is 1. The first-order valence-corrected chi connectivity index (χ1v) is 6.60. The molecule has 0 saturated heterocycles. The number of nitrogens with one attached hydrogen (secondary N) is 1. The van der Waals surface area contributed by atoms with Crippen molar-refractivity contribution < 1.29 is 8.42 Å². The molecular formula is C7H15BrN2O2S. The van der Waals surface area contributed by atoms with Crippen molar-refractivity contribution in [3.05, 3.63) is 0 Å². The van der Waals surface area contributed by atoms with Gasteiger partial charge in [-0.05, 0) is 18.8 Å². The highest BCUT2D eigenvalue weighted by Gasteiger charge is 2.30. The van der Waals surface area contributed by atoms with Gasteiger partial charge in [-0.3, -0.25) is 0 Å². The molecule has 0 aromatic carbocycles. The molecule has 1 fully saturated rings. The van der Waals surface area contributed by atoms with E-state index in [1.807, 2.05) is 0 Å². The number of nitrogens with zero attached hydrogens (tertiary/aromatic N) is 1. The Morgan fingerprint density at radius 2 is 2.08 bits per heavy atom. The third-order valence-electron chi connectivity index (χ3n) is 2.07. The lowest BCUT2D eigenvalue weighted by atomic mass is 10.3. The topological polar surface area (TPSA) is 49.4 Å². The second-order valence-electron chi connectivity index (χ2n) is 3.49. The molecule has 1 aliphatic carbocycles. The Balaban J connectivity index is 2.32. The van der Waals surface area contributed by atoms with Gasteiger partial charge in [-0.2, -0.15) is 12.7 Å². The maximum atomic E-state index is 11.3. The predicted octanol–water partition coefficient (Wildman–Crippen LogP) is 0.556. The summed E-state index contributed by atoms with van der Waals surface area (Å²) in [4.78, 5) is 0.280. The number of hydrogen-bond acceptors (Lipinski definition) is 2. The van der Waals surface area contributed by atoms with Gasteiger partial charge >= 0.3 is 0 Å².